The molecule has 1 amide bonds. The Bertz CT molecular complexity index is 619. The summed E-state index contributed by atoms with van der Waals surface area (Å²) < 4.78 is 34.8. The first-order valence-corrected chi connectivity index (χ1v) is 8.52. The third kappa shape index (κ3) is 5.18. The first-order valence-electron chi connectivity index (χ1n) is 8.52. The van der Waals surface area contributed by atoms with Gasteiger partial charge in [0.15, 0.2) is 11.5 Å². The number of nitrogens with one attached hydrogen (secondary N) is 1. The molecule has 2 rings (SSSR count). The van der Waals surface area contributed by atoms with Crippen LogP contribution in [0.4, 0.5) is 8.78 Å². The summed E-state index contributed by atoms with van der Waals surface area (Å²) in [6.45, 7) is 1.37. The number of alkyl halides is 2. The van der Waals surface area contributed by atoms with Crippen LogP contribution >= 0.6 is 0 Å². The molecule has 6 heteroatoms. The predicted molar refractivity (Wildman–Crippen MR) is 92.8 cm³/mol. The molecule has 3 atom stereocenters. The molecule has 0 aliphatic heterocycles. The monoisotopic (exact) mass is 353 g/mol. The maximum atomic E-state index is 12.6. The van der Waals surface area contributed by atoms with Crippen molar-refractivity contribution in [3.8, 4) is 11.5 Å². The summed E-state index contributed by atoms with van der Waals surface area (Å²) >= 11 is 0. The average Bonchev–Trinajstić information content (AvgIpc) is 2.57. The molecule has 0 spiro atoms. The fourth-order valence-corrected chi connectivity index (χ4v) is 3.22. The SMILES string of the molecule is COc1cccc(/C=C/C(=O)N[C@@H]2CCC[C@@H](C)[C@H]2C)c1OC(F)F. The maximum Gasteiger partial charge on any atom is 0.387 e. The first-order chi connectivity index (χ1) is 11.9. The lowest BCUT2D eigenvalue weighted by Gasteiger charge is -2.34. The molecule has 0 saturated heterocycles. The molecule has 4 nitrogen and oxygen atoms in total. The number of ether oxygens (including phenoxy) is 2. The summed E-state index contributed by atoms with van der Waals surface area (Å²) in [6.07, 6.45) is 6.06. The molecular formula is C19H25F2NO3. The Morgan fingerprint density at radius 3 is 2.76 bits per heavy atom. The highest BCUT2D eigenvalue weighted by molar-refractivity contribution is 5.92. The zero-order chi connectivity index (χ0) is 18.4. The third-order valence-corrected chi connectivity index (χ3v) is 4.88. The van der Waals surface area contributed by atoms with Gasteiger partial charge in [0, 0.05) is 17.7 Å². The fraction of sp³-hybridized carbons (Fsp3) is 0.526. The van der Waals surface area contributed by atoms with Crippen LogP contribution in [0.25, 0.3) is 6.08 Å². The van der Waals surface area contributed by atoms with Crippen molar-refractivity contribution >= 4 is 12.0 Å². The molecule has 1 aliphatic rings. The van der Waals surface area contributed by atoms with E-state index in [1.165, 1.54) is 31.7 Å². The molecule has 0 radical (unpaired) electrons. The quantitative estimate of drug-likeness (QED) is 0.778. The Labute approximate surface area is 147 Å². The van der Waals surface area contributed by atoms with Crippen molar-refractivity contribution in [1.29, 1.82) is 0 Å². The van der Waals surface area contributed by atoms with Gasteiger partial charge in [0.05, 0.1) is 7.11 Å². The van der Waals surface area contributed by atoms with Gasteiger partial charge in [-0.25, -0.2) is 0 Å². The second-order valence-electron chi connectivity index (χ2n) is 6.47. The zero-order valence-corrected chi connectivity index (χ0v) is 14.8. The van der Waals surface area contributed by atoms with Gasteiger partial charge in [-0.05, 0) is 30.4 Å². The maximum absolute atomic E-state index is 12.6. The van der Waals surface area contributed by atoms with Crippen LogP contribution in [-0.4, -0.2) is 25.7 Å². The highest BCUT2D eigenvalue weighted by Gasteiger charge is 2.27. The number of para-hydroxylation sites is 1. The number of methoxy groups -OCH3 is 1. The lowest BCUT2D eigenvalue weighted by atomic mass is 9.78. The topological polar surface area (TPSA) is 47.6 Å². The minimum atomic E-state index is -2.97. The number of carbonyl (C=O) groups is 1. The van der Waals surface area contributed by atoms with Crippen LogP contribution in [0.3, 0.4) is 0 Å². The lowest BCUT2D eigenvalue weighted by Crippen LogP contribution is -2.43. The number of halogens is 2. The van der Waals surface area contributed by atoms with E-state index in [-0.39, 0.29) is 23.4 Å². The largest absolute Gasteiger partial charge is 0.493 e. The van der Waals surface area contributed by atoms with Gasteiger partial charge in [-0.2, -0.15) is 8.78 Å². The van der Waals surface area contributed by atoms with Crippen LogP contribution < -0.4 is 14.8 Å². The van der Waals surface area contributed by atoms with Crippen molar-refractivity contribution in [3.05, 3.63) is 29.8 Å². The second-order valence-corrected chi connectivity index (χ2v) is 6.47. The van der Waals surface area contributed by atoms with E-state index in [9.17, 15) is 13.6 Å². The van der Waals surface area contributed by atoms with Gasteiger partial charge in [0.1, 0.15) is 0 Å². The van der Waals surface area contributed by atoms with E-state index in [1.807, 2.05) is 0 Å². The summed E-state index contributed by atoms with van der Waals surface area (Å²) in [4.78, 5) is 12.2. The summed E-state index contributed by atoms with van der Waals surface area (Å²) in [6, 6.07) is 4.91. The number of carbonyl (C=O) groups excluding carboxylic acids is 1. The minimum Gasteiger partial charge on any atom is -0.493 e. The molecule has 138 valence electrons. The van der Waals surface area contributed by atoms with E-state index in [0.717, 1.165) is 12.8 Å². The second kappa shape index (κ2) is 8.83. The fourth-order valence-electron chi connectivity index (χ4n) is 3.22. The third-order valence-electron chi connectivity index (χ3n) is 4.88. The Hall–Kier alpha value is -2.11. The standard InChI is InChI=1S/C19H25F2NO3/c1-12-6-4-8-15(13(12)2)22-17(23)11-10-14-7-5-9-16(24-3)18(14)25-19(20)21/h5,7,9-13,15,19H,4,6,8H2,1-3H3,(H,22,23)/b11-10+/t12-,13-,15-/m1/s1. The highest BCUT2D eigenvalue weighted by Crippen LogP contribution is 2.33. The zero-order valence-electron chi connectivity index (χ0n) is 14.8. The van der Waals surface area contributed by atoms with Crippen LogP contribution in [-0.2, 0) is 4.79 Å². The predicted octanol–water partition coefficient (Wildman–Crippen LogP) is 4.25. The van der Waals surface area contributed by atoms with Gasteiger partial charge in [0.2, 0.25) is 5.91 Å². The van der Waals surface area contributed by atoms with Crippen molar-refractivity contribution in [1.82, 2.24) is 5.32 Å². The molecule has 1 aromatic carbocycles. The van der Waals surface area contributed by atoms with E-state index >= 15 is 0 Å². The van der Waals surface area contributed by atoms with Crippen LogP contribution in [0.5, 0.6) is 11.5 Å². The Morgan fingerprint density at radius 2 is 2.08 bits per heavy atom. The van der Waals surface area contributed by atoms with Crippen molar-refractivity contribution in [2.75, 3.05) is 7.11 Å². The van der Waals surface area contributed by atoms with Crippen molar-refractivity contribution < 1.29 is 23.0 Å². The number of amides is 1. The lowest BCUT2D eigenvalue weighted by molar-refractivity contribution is -0.117. The molecule has 25 heavy (non-hydrogen) atoms. The number of rotatable bonds is 6. The number of hydrogen-bond acceptors (Lipinski definition) is 3. The van der Waals surface area contributed by atoms with Gasteiger partial charge in [-0.3, -0.25) is 4.79 Å². The summed E-state index contributed by atoms with van der Waals surface area (Å²) in [5, 5.41) is 3.01. The molecule has 1 saturated carbocycles. The van der Waals surface area contributed by atoms with Crippen molar-refractivity contribution in [2.24, 2.45) is 11.8 Å². The molecule has 1 N–H and O–H groups in total. The molecule has 0 unspecified atom stereocenters. The van der Waals surface area contributed by atoms with Crippen molar-refractivity contribution in [2.45, 2.75) is 45.8 Å². The van der Waals surface area contributed by atoms with Crippen LogP contribution in [0, 0.1) is 11.8 Å². The normalized spacial score (nSPS) is 23.7. The number of benzene rings is 1. The molecule has 0 bridgehead atoms. The Kier molecular flexibility index (Phi) is 6.79. The number of hydrogen-bond donors (Lipinski definition) is 1. The van der Waals surface area contributed by atoms with E-state index < -0.39 is 6.61 Å². The molecule has 1 fully saturated rings. The first kappa shape index (κ1) is 19.2. The van der Waals surface area contributed by atoms with Gasteiger partial charge in [-0.15, -0.1) is 0 Å². The van der Waals surface area contributed by atoms with Crippen LogP contribution in [0.15, 0.2) is 24.3 Å². The Morgan fingerprint density at radius 1 is 1.32 bits per heavy atom. The molecule has 0 aromatic heterocycles. The summed E-state index contributed by atoms with van der Waals surface area (Å²) in [5.74, 6) is 0.867. The van der Waals surface area contributed by atoms with Gasteiger partial charge in [-0.1, -0.05) is 38.8 Å². The summed E-state index contributed by atoms with van der Waals surface area (Å²) in [7, 11) is 1.37. The Balaban J connectivity index is 2.09. The van der Waals surface area contributed by atoms with Crippen molar-refractivity contribution in [3.63, 3.8) is 0 Å². The van der Waals surface area contributed by atoms with Gasteiger partial charge < -0.3 is 14.8 Å². The van der Waals surface area contributed by atoms with E-state index in [2.05, 4.69) is 23.9 Å². The van der Waals surface area contributed by atoms with Crippen LogP contribution in [0.2, 0.25) is 0 Å². The van der Waals surface area contributed by atoms with E-state index in [0.29, 0.717) is 17.4 Å². The highest BCUT2D eigenvalue weighted by atomic mass is 19.3. The molecule has 1 aromatic rings. The smallest absolute Gasteiger partial charge is 0.387 e. The minimum absolute atomic E-state index is 0.0799. The molecule has 0 heterocycles. The van der Waals surface area contributed by atoms with Gasteiger partial charge in [0.25, 0.3) is 0 Å². The molecular weight excluding hydrogens is 328 g/mol. The van der Waals surface area contributed by atoms with Gasteiger partial charge >= 0.3 is 6.61 Å². The van der Waals surface area contributed by atoms with E-state index in [4.69, 9.17) is 4.74 Å². The van der Waals surface area contributed by atoms with Crippen LogP contribution in [0.1, 0.15) is 38.7 Å². The molecule has 1 aliphatic carbocycles. The van der Waals surface area contributed by atoms with E-state index in [1.54, 1.807) is 12.1 Å². The summed E-state index contributed by atoms with van der Waals surface area (Å²) in [5.41, 5.74) is 0.361. The average molecular weight is 353 g/mol.